The van der Waals surface area contributed by atoms with Crippen LogP contribution >= 0.6 is 0 Å². The molecule has 5 aliphatic carbocycles. The zero-order valence-corrected chi connectivity index (χ0v) is 30.9. The predicted octanol–water partition coefficient (Wildman–Crippen LogP) is 8.16. The number of carbonyl (C=O) groups excluding carboxylic acids is 1. The molecule has 270 valence electrons. The maximum Gasteiger partial charge on any atom is 0.409 e. The van der Waals surface area contributed by atoms with Crippen LogP contribution in [0, 0.1) is 56.7 Å². The summed E-state index contributed by atoms with van der Waals surface area (Å²) in [5.41, 5.74) is 0.317. The molecule has 7 fully saturated rings. The molecule has 11 atom stereocenters. The van der Waals surface area contributed by atoms with Gasteiger partial charge in [-0.2, -0.15) is 0 Å². The zero-order chi connectivity index (χ0) is 34.3. The van der Waals surface area contributed by atoms with Crippen molar-refractivity contribution in [1.82, 2.24) is 9.80 Å². The van der Waals surface area contributed by atoms with Crippen molar-refractivity contribution in [1.29, 1.82) is 0 Å². The van der Waals surface area contributed by atoms with E-state index in [-0.39, 0.29) is 40.8 Å². The lowest BCUT2D eigenvalue weighted by molar-refractivity contribution is -0.254. The molecule has 2 saturated heterocycles. The first-order chi connectivity index (χ1) is 22.7. The number of carboxylic acids is 1. The van der Waals surface area contributed by atoms with Gasteiger partial charge in [0.2, 0.25) is 0 Å². The van der Waals surface area contributed by atoms with Crippen molar-refractivity contribution in [3.05, 3.63) is 12.2 Å². The number of likely N-dealkylation sites (tertiary alicyclic amines) is 2. The summed E-state index contributed by atoms with van der Waals surface area (Å²) < 4.78 is 6.20. The smallest absolute Gasteiger partial charge is 0.409 e. The highest BCUT2D eigenvalue weighted by Crippen LogP contribution is 2.77. The number of fused-ring (bicyclic) bond motifs is 7. The van der Waals surface area contributed by atoms with Gasteiger partial charge in [0.05, 0.1) is 11.5 Å². The molecule has 7 nitrogen and oxygen atoms in total. The van der Waals surface area contributed by atoms with Gasteiger partial charge in [0, 0.05) is 24.5 Å². The first-order valence-electron chi connectivity index (χ1n) is 19.9. The molecule has 1 amide bonds. The quantitative estimate of drug-likeness (QED) is 0.288. The fraction of sp³-hybridized carbons (Fsp3) is 0.902. The SMILES string of the molecule is C=C(C)[C@@H]1CC[C@]2(C(=O)O)CC[C@]3(C)C(CCC4[C@@]5(C)CC[C@H](O)[C@@](C)(COC(=O)N6CCC(N7CCCCC7)CC6)C5CC[C@]43C)C12. The van der Waals surface area contributed by atoms with E-state index in [4.69, 9.17) is 4.74 Å². The Morgan fingerprint density at radius 3 is 2.17 bits per heavy atom. The summed E-state index contributed by atoms with van der Waals surface area (Å²) in [4.78, 5) is 31.1. The molecule has 0 bridgehead atoms. The Bertz CT molecular complexity index is 1270. The van der Waals surface area contributed by atoms with Crippen LogP contribution in [0.2, 0.25) is 0 Å². The third-order valence-electron chi connectivity index (χ3n) is 17.4. The predicted molar refractivity (Wildman–Crippen MR) is 188 cm³/mol. The topological polar surface area (TPSA) is 90.3 Å². The third-order valence-corrected chi connectivity index (χ3v) is 17.4. The maximum absolute atomic E-state index is 13.5. The largest absolute Gasteiger partial charge is 0.481 e. The van der Waals surface area contributed by atoms with E-state index in [2.05, 4.69) is 46.1 Å². The first kappa shape index (κ1) is 34.8. The number of rotatable bonds is 5. The second-order valence-corrected chi connectivity index (χ2v) is 19.1. The van der Waals surface area contributed by atoms with Crippen molar-refractivity contribution in [3.8, 4) is 0 Å². The minimum Gasteiger partial charge on any atom is -0.481 e. The second kappa shape index (κ2) is 12.3. The highest BCUT2D eigenvalue weighted by Gasteiger charge is 2.72. The Balaban J connectivity index is 1.07. The van der Waals surface area contributed by atoms with Crippen LogP contribution in [0.25, 0.3) is 0 Å². The van der Waals surface area contributed by atoms with Crippen molar-refractivity contribution >= 4 is 12.1 Å². The number of aliphatic hydroxyl groups is 1. The van der Waals surface area contributed by atoms with E-state index in [0.717, 1.165) is 90.1 Å². The van der Waals surface area contributed by atoms with Crippen LogP contribution in [-0.2, 0) is 9.53 Å². The lowest BCUT2D eigenvalue weighted by atomic mass is 9.32. The van der Waals surface area contributed by atoms with Gasteiger partial charge in [0.15, 0.2) is 0 Å². The van der Waals surface area contributed by atoms with Crippen LogP contribution < -0.4 is 0 Å². The van der Waals surface area contributed by atoms with Crippen molar-refractivity contribution in [3.63, 3.8) is 0 Å². The van der Waals surface area contributed by atoms with E-state index in [0.29, 0.717) is 23.8 Å². The monoisotopic (exact) mass is 666 g/mol. The molecule has 2 heterocycles. The summed E-state index contributed by atoms with van der Waals surface area (Å²) in [5, 5.41) is 22.4. The van der Waals surface area contributed by atoms with E-state index in [9.17, 15) is 19.8 Å². The highest BCUT2D eigenvalue weighted by molar-refractivity contribution is 5.76. The van der Waals surface area contributed by atoms with Gasteiger partial charge in [0.1, 0.15) is 6.61 Å². The Morgan fingerprint density at radius 1 is 0.792 bits per heavy atom. The van der Waals surface area contributed by atoms with Gasteiger partial charge in [-0.3, -0.25) is 4.79 Å². The fourth-order valence-corrected chi connectivity index (χ4v) is 14.5. The average molecular weight is 667 g/mol. The molecule has 7 aliphatic rings. The zero-order valence-electron chi connectivity index (χ0n) is 30.9. The molecule has 7 heteroatoms. The molecule has 2 N–H and O–H groups in total. The fourth-order valence-electron chi connectivity index (χ4n) is 14.5. The van der Waals surface area contributed by atoms with Crippen LogP contribution in [-0.4, -0.2) is 77.0 Å². The van der Waals surface area contributed by atoms with Crippen LogP contribution in [0.1, 0.15) is 131 Å². The molecular formula is C41H66N2O5. The van der Waals surface area contributed by atoms with Gasteiger partial charge >= 0.3 is 12.1 Å². The van der Waals surface area contributed by atoms with Gasteiger partial charge in [-0.1, -0.05) is 46.3 Å². The molecule has 0 aromatic rings. The number of hydrogen-bond donors (Lipinski definition) is 2. The van der Waals surface area contributed by atoms with Crippen LogP contribution in [0.3, 0.4) is 0 Å². The lowest BCUT2D eigenvalue weighted by Gasteiger charge is -2.72. The Hall–Kier alpha value is -1.60. The molecule has 0 aromatic heterocycles. The standard InChI is InChI=1S/C41H66N2O5/c1-27(2)29-12-19-41(35(45)46)21-20-39(5)30(34(29)41)10-11-32-37(3)17-14-33(44)38(4,31(37)13-18-40(32,39)6)26-48-36(47)43-24-15-28(16-25-43)42-22-8-7-9-23-42/h28-34,44H,1,7-26H2,2-6H3,(H,45,46)/t29-,30?,31?,32?,33-,34?,37-,38-,39+,40+,41-/m0/s1. The molecule has 0 spiro atoms. The van der Waals surface area contributed by atoms with Crippen LogP contribution in [0.5, 0.6) is 0 Å². The van der Waals surface area contributed by atoms with Crippen LogP contribution in [0.4, 0.5) is 4.79 Å². The summed E-state index contributed by atoms with van der Waals surface area (Å²) >= 11 is 0. The van der Waals surface area contributed by atoms with Crippen molar-refractivity contribution in [2.45, 2.75) is 143 Å². The minimum atomic E-state index is -0.599. The number of aliphatic carboxylic acids is 1. The summed E-state index contributed by atoms with van der Waals surface area (Å²) in [6.45, 7) is 20.6. The van der Waals surface area contributed by atoms with E-state index >= 15 is 0 Å². The summed E-state index contributed by atoms with van der Waals surface area (Å²) in [5.74, 6) is 1.09. The van der Waals surface area contributed by atoms with Gasteiger partial charge in [-0.15, -0.1) is 0 Å². The average Bonchev–Trinajstić information content (AvgIpc) is 3.48. The van der Waals surface area contributed by atoms with Gasteiger partial charge < -0.3 is 24.7 Å². The number of piperidine rings is 2. The molecule has 7 rings (SSSR count). The lowest BCUT2D eigenvalue weighted by Crippen LogP contribution is -2.67. The van der Waals surface area contributed by atoms with Gasteiger partial charge in [0.25, 0.3) is 0 Å². The number of nitrogens with zero attached hydrogens (tertiary/aromatic N) is 2. The van der Waals surface area contributed by atoms with E-state index in [1.165, 1.54) is 37.9 Å². The number of carbonyl (C=O) groups is 2. The minimum absolute atomic E-state index is 0.0406. The third kappa shape index (κ3) is 4.99. The Morgan fingerprint density at radius 2 is 1.50 bits per heavy atom. The second-order valence-electron chi connectivity index (χ2n) is 19.1. The van der Waals surface area contributed by atoms with Crippen molar-refractivity contribution in [2.24, 2.45) is 56.7 Å². The van der Waals surface area contributed by atoms with Crippen molar-refractivity contribution < 1.29 is 24.5 Å². The summed E-state index contributed by atoms with van der Waals surface area (Å²) in [6, 6.07) is 0.589. The Kier molecular flexibility index (Phi) is 8.90. The van der Waals surface area contributed by atoms with Gasteiger partial charge in [-0.25, -0.2) is 4.79 Å². The summed E-state index contributed by atoms with van der Waals surface area (Å²) in [7, 11) is 0. The number of aliphatic hydroxyl groups excluding tert-OH is 1. The number of allylic oxidation sites excluding steroid dienone is 1. The molecule has 0 radical (unpaired) electrons. The maximum atomic E-state index is 13.5. The van der Waals surface area contributed by atoms with E-state index in [1.807, 2.05) is 4.90 Å². The molecular weight excluding hydrogens is 600 g/mol. The van der Waals surface area contributed by atoms with Gasteiger partial charge in [-0.05, 0) is 156 Å². The van der Waals surface area contributed by atoms with Crippen LogP contribution in [0.15, 0.2) is 12.2 Å². The molecule has 0 aromatic carbocycles. The molecule has 4 unspecified atom stereocenters. The number of amides is 1. The highest BCUT2D eigenvalue weighted by atomic mass is 16.6. The molecule has 48 heavy (non-hydrogen) atoms. The van der Waals surface area contributed by atoms with E-state index < -0.39 is 22.9 Å². The molecule has 2 aliphatic heterocycles. The molecule has 5 saturated carbocycles. The normalized spacial score (nSPS) is 48.1. The number of hydrogen-bond acceptors (Lipinski definition) is 5. The first-order valence-corrected chi connectivity index (χ1v) is 19.9. The number of carboxylic acid groups (broad SMARTS) is 1. The summed E-state index contributed by atoms with van der Waals surface area (Å²) in [6.07, 6.45) is 14.9. The number of ether oxygens (including phenoxy) is 1. The van der Waals surface area contributed by atoms with E-state index in [1.54, 1.807) is 0 Å². The Labute approximate surface area is 290 Å². The van der Waals surface area contributed by atoms with Crippen molar-refractivity contribution in [2.75, 3.05) is 32.8 Å².